The van der Waals surface area contributed by atoms with Crippen molar-refractivity contribution in [1.29, 1.82) is 0 Å². The number of halogens is 1. The first-order valence-electron chi connectivity index (χ1n) is 10.6. The summed E-state index contributed by atoms with van der Waals surface area (Å²) in [6.45, 7) is 0. The Morgan fingerprint density at radius 2 is 2.09 bits per heavy atom. The maximum atomic E-state index is 13.3. The molecule has 166 valence electrons. The van der Waals surface area contributed by atoms with Gasteiger partial charge in [-0.3, -0.25) is 4.79 Å². The highest BCUT2D eigenvalue weighted by molar-refractivity contribution is 5.93. The van der Waals surface area contributed by atoms with E-state index in [-0.39, 0.29) is 24.0 Å². The molecule has 2 aliphatic heterocycles. The van der Waals surface area contributed by atoms with Gasteiger partial charge in [0.25, 0.3) is 0 Å². The molecule has 3 aromatic rings. The number of urea groups is 1. The first-order chi connectivity index (χ1) is 16.0. The van der Waals surface area contributed by atoms with Crippen molar-refractivity contribution in [2.75, 3.05) is 10.6 Å². The van der Waals surface area contributed by atoms with E-state index in [1.54, 1.807) is 18.3 Å². The van der Waals surface area contributed by atoms with Gasteiger partial charge in [-0.15, -0.1) is 0 Å². The van der Waals surface area contributed by atoms with E-state index in [1.807, 2.05) is 18.2 Å². The van der Waals surface area contributed by atoms with E-state index in [4.69, 9.17) is 9.47 Å². The standard InChI is InChI=1S/C24H19FN4O4/c25-12-2-1-3-13(10-12)27-24(31)29-21-20-16-11-14(4-6-17(16)33-22(20)21)32-18-8-9-26-23-15(18)5-7-19(30)28-23/h1-4,6,8-11,20-22H,5,7H2,(H,26,28,30)(H2,27,29,31)/t20-,21+,22-/m0/s1. The Morgan fingerprint density at radius 3 is 2.97 bits per heavy atom. The lowest BCUT2D eigenvalue weighted by atomic mass is 10.1. The first kappa shape index (κ1) is 19.5. The number of ether oxygens (including phenoxy) is 2. The fraction of sp³-hybridized carbons (Fsp3) is 0.208. The normalized spacial score (nSPS) is 21.6. The minimum Gasteiger partial charge on any atom is -0.487 e. The molecule has 0 saturated heterocycles. The van der Waals surface area contributed by atoms with Crippen molar-refractivity contribution in [3.63, 3.8) is 0 Å². The zero-order valence-electron chi connectivity index (χ0n) is 17.3. The minimum atomic E-state index is -0.418. The van der Waals surface area contributed by atoms with Crippen LogP contribution in [0.25, 0.3) is 0 Å². The smallest absolute Gasteiger partial charge is 0.319 e. The fourth-order valence-electron chi connectivity index (χ4n) is 4.44. The van der Waals surface area contributed by atoms with Gasteiger partial charge in [0, 0.05) is 29.4 Å². The summed E-state index contributed by atoms with van der Waals surface area (Å²) in [7, 11) is 0. The molecule has 6 rings (SSSR count). The Bertz CT molecular complexity index is 1300. The highest BCUT2D eigenvalue weighted by Crippen LogP contribution is 2.54. The number of nitrogens with one attached hydrogen (secondary N) is 3. The molecule has 0 radical (unpaired) electrons. The first-order valence-corrected chi connectivity index (χ1v) is 10.6. The van der Waals surface area contributed by atoms with Crippen molar-refractivity contribution in [3.05, 3.63) is 71.7 Å². The van der Waals surface area contributed by atoms with Crippen LogP contribution in [0.3, 0.4) is 0 Å². The summed E-state index contributed by atoms with van der Waals surface area (Å²) in [5.74, 6) is 2.13. The Morgan fingerprint density at radius 1 is 1.18 bits per heavy atom. The molecule has 3 amide bonds. The number of carbonyl (C=O) groups excluding carboxylic acids is 2. The summed E-state index contributed by atoms with van der Waals surface area (Å²) in [4.78, 5) is 28.2. The van der Waals surface area contributed by atoms with Crippen LogP contribution in [-0.4, -0.2) is 29.1 Å². The van der Waals surface area contributed by atoms with Crippen molar-refractivity contribution in [2.45, 2.75) is 30.9 Å². The quantitative estimate of drug-likeness (QED) is 0.564. The van der Waals surface area contributed by atoms with Crippen LogP contribution in [0.5, 0.6) is 17.2 Å². The van der Waals surface area contributed by atoms with E-state index < -0.39 is 11.8 Å². The molecule has 3 aliphatic rings. The molecular formula is C24H19FN4O4. The molecule has 0 spiro atoms. The molecule has 33 heavy (non-hydrogen) atoms. The fourth-order valence-corrected chi connectivity index (χ4v) is 4.44. The van der Waals surface area contributed by atoms with Crippen molar-refractivity contribution < 1.29 is 23.5 Å². The number of fused-ring (bicyclic) bond motifs is 4. The lowest BCUT2D eigenvalue weighted by molar-refractivity contribution is -0.116. The van der Waals surface area contributed by atoms with Crippen molar-refractivity contribution in [3.8, 4) is 17.2 Å². The van der Waals surface area contributed by atoms with Crippen LogP contribution in [-0.2, 0) is 11.2 Å². The van der Waals surface area contributed by atoms with Crippen LogP contribution in [0.15, 0.2) is 54.7 Å². The largest absolute Gasteiger partial charge is 0.487 e. The van der Waals surface area contributed by atoms with Gasteiger partial charge < -0.3 is 25.4 Å². The van der Waals surface area contributed by atoms with Crippen molar-refractivity contribution in [1.82, 2.24) is 10.3 Å². The number of anilines is 2. The molecule has 1 saturated carbocycles. The van der Waals surface area contributed by atoms with E-state index in [9.17, 15) is 14.0 Å². The lowest BCUT2D eigenvalue weighted by Crippen LogP contribution is -2.34. The number of amides is 3. The molecule has 3 heterocycles. The van der Waals surface area contributed by atoms with E-state index in [2.05, 4.69) is 20.9 Å². The topological polar surface area (TPSA) is 102 Å². The summed E-state index contributed by atoms with van der Waals surface area (Å²) in [6, 6.07) is 12.5. The van der Waals surface area contributed by atoms with E-state index in [0.717, 1.165) is 16.9 Å². The molecule has 3 N–H and O–H groups in total. The Labute approximate surface area is 188 Å². The molecule has 0 unspecified atom stereocenters. The highest BCUT2D eigenvalue weighted by atomic mass is 19.1. The van der Waals surface area contributed by atoms with E-state index in [1.165, 1.54) is 18.2 Å². The van der Waals surface area contributed by atoms with Crippen molar-refractivity contribution in [2.24, 2.45) is 0 Å². The van der Waals surface area contributed by atoms with Gasteiger partial charge in [0.15, 0.2) is 0 Å². The third-order valence-electron chi connectivity index (χ3n) is 6.04. The van der Waals surface area contributed by atoms with Gasteiger partial charge in [0.2, 0.25) is 5.91 Å². The maximum Gasteiger partial charge on any atom is 0.319 e. The van der Waals surface area contributed by atoms with Gasteiger partial charge in [0.05, 0.1) is 12.0 Å². The summed E-state index contributed by atoms with van der Waals surface area (Å²) in [5, 5.41) is 8.30. The number of nitrogens with zero attached hydrogens (tertiary/aromatic N) is 1. The molecule has 3 atom stereocenters. The van der Waals surface area contributed by atoms with Crippen LogP contribution in [0.1, 0.15) is 23.5 Å². The number of rotatable bonds is 4. The second-order valence-electron chi connectivity index (χ2n) is 8.23. The second-order valence-corrected chi connectivity index (χ2v) is 8.23. The third-order valence-corrected chi connectivity index (χ3v) is 6.04. The van der Waals surface area contributed by atoms with Gasteiger partial charge in [-0.25, -0.2) is 14.2 Å². The maximum absolute atomic E-state index is 13.3. The average Bonchev–Trinajstić information content (AvgIpc) is 3.30. The van der Waals surface area contributed by atoms with Crippen LogP contribution in [0.2, 0.25) is 0 Å². The molecule has 0 bridgehead atoms. The lowest BCUT2D eigenvalue weighted by Gasteiger charge is -2.19. The minimum absolute atomic E-state index is 0.0208. The van der Waals surface area contributed by atoms with Crippen LogP contribution < -0.4 is 25.4 Å². The number of pyridine rings is 1. The SMILES string of the molecule is O=C1CCc2c(Oc3ccc4c(c3)[C@H]3[C@@H](NC(=O)Nc5cccc(F)c5)[C@H]3O4)ccnc2N1. The van der Waals surface area contributed by atoms with Gasteiger partial charge in [-0.05, 0) is 48.9 Å². The Hall–Kier alpha value is -4.14. The van der Waals surface area contributed by atoms with E-state index in [0.29, 0.717) is 35.8 Å². The molecule has 9 heteroatoms. The molecular weight excluding hydrogens is 427 g/mol. The van der Waals surface area contributed by atoms with E-state index >= 15 is 0 Å². The van der Waals surface area contributed by atoms with Gasteiger partial charge in [-0.2, -0.15) is 0 Å². The Balaban J connectivity index is 1.15. The van der Waals surface area contributed by atoms with Crippen LogP contribution >= 0.6 is 0 Å². The molecule has 1 fully saturated rings. The Kier molecular flexibility index (Phi) is 4.42. The number of aromatic nitrogens is 1. The van der Waals surface area contributed by atoms with Crippen LogP contribution in [0.4, 0.5) is 20.7 Å². The number of hydrogen-bond donors (Lipinski definition) is 3. The molecule has 8 nitrogen and oxygen atoms in total. The van der Waals surface area contributed by atoms with Gasteiger partial charge in [-0.1, -0.05) is 6.07 Å². The average molecular weight is 446 g/mol. The van der Waals surface area contributed by atoms with Gasteiger partial charge in [0.1, 0.15) is 35.0 Å². The molecule has 2 aromatic carbocycles. The summed E-state index contributed by atoms with van der Waals surface area (Å²) in [5.41, 5.74) is 2.21. The third kappa shape index (κ3) is 3.61. The second kappa shape index (κ2) is 7.47. The van der Waals surface area contributed by atoms with Gasteiger partial charge >= 0.3 is 6.03 Å². The summed E-state index contributed by atoms with van der Waals surface area (Å²) < 4.78 is 25.4. The highest BCUT2D eigenvalue weighted by Gasteiger charge is 2.59. The molecule has 1 aromatic heterocycles. The number of carbonyl (C=O) groups is 2. The summed E-state index contributed by atoms with van der Waals surface area (Å²) in [6.07, 6.45) is 2.42. The number of hydrogen-bond acceptors (Lipinski definition) is 5. The van der Waals surface area contributed by atoms with Crippen molar-refractivity contribution >= 4 is 23.4 Å². The monoisotopic (exact) mass is 446 g/mol. The predicted octanol–water partition coefficient (Wildman–Crippen LogP) is 3.95. The summed E-state index contributed by atoms with van der Waals surface area (Å²) >= 11 is 0. The molecule has 1 aliphatic carbocycles. The zero-order valence-corrected chi connectivity index (χ0v) is 17.3. The number of benzene rings is 2. The zero-order chi connectivity index (χ0) is 22.5. The van der Waals surface area contributed by atoms with Crippen LogP contribution in [0, 0.1) is 5.82 Å². The predicted molar refractivity (Wildman–Crippen MR) is 117 cm³/mol.